The summed E-state index contributed by atoms with van der Waals surface area (Å²) in [5.74, 6) is 1.25. The van der Waals surface area contributed by atoms with Gasteiger partial charge in [-0.2, -0.15) is 0 Å². The van der Waals surface area contributed by atoms with Gasteiger partial charge in [0.25, 0.3) is 0 Å². The monoisotopic (exact) mass is 370 g/mol. The van der Waals surface area contributed by atoms with E-state index in [1.807, 2.05) is 24.3 Å². The first-order valence-electron chi connectivity index (χ1n) is 8.38. The second-order valence-electron chi connectivity index (χ2n) is 6.91. The number of rotatable bonds is 4. The molecule has 1 aromatic heterocycles. The number of aromatic nitrogens is 1. The average molecular weight is 370 g/mol. The Kier molecular flexibility index (Phi) is 5.13. The van der Waals surface area contributed by atoms with Crippen molar-refractivity contribution in [3.8, 4) is 11.5 Å². The molecule has 6 heteroatoms. The van der Waals surface area contributed by atoms with E-state index in [1.165, 1.54) is 7.05 Å². The van der Waals surface area contributed by atoms with Crippen LogP contribution >= 0.6 is 11.3 Å². The normalized spacial score (nSPS) is 11.4. The van der Waals surface area contributed by atoms with Crippen molar-refractivity contribution in [1.29, 1.82) is 0 Å². The Labute approximate surface area is 157 Å². The predicted octanol–water partition coefficient (Wildman–Crippen LogP) is 4.89. The number of fused-ring (bicyclic) bond motifs is 1. The highest BCUT2D eigenvalue weighted by molar-refractivity contribution is 7.18. The molecular formula is C20H22N2O3S. The van der Waals surface area contributed by atoms with Gasteiger partial charge in [0.05, 0.1) is 10.2 Å². The van der Waals surface area contributed by atoms with E-state index < -0.39 is 6.09 Å². The lowest BCUT2D eigenvalue weighted by molar-refractivity contribution is 0.202. The van der Waals surface area contributed by atoms with Gasteiger partial charge in [-0.1, -0.05) is 32.9 Å². The number of hydrogen-bond acceptors (Lipinski definition) is 5. The zero-order valence-electron chi connectivity index (χ0n) is 15.3. The van der Waals surface area contributed by atoms with Gasteiger partial charge in [0, 0.05) is 12.6 Å². The molecule has 0 bridgehead atoms. The minimum absolute atomic E-state index is 0.196. The smallest absolute Gasteiger partial charge is 0.412 e. The Hall–Kier alpha value is -2.60. The van der Waals surface area contributed by atoms with Crippen molar-refractivity contribution in [3.63, 3.8) is 0 Å². The molecule has 0 saturated heterocycles. The molecule has 26 heavy (non-hydrogen) atoms. The largest absolute Gasteiger partial charge is 0.486 e. The number of benzene rings is 2. The number of amides is 1. The van der Waals surface area contributed by atoms with E-state index in [4.69, 9.17) is 9.47 Å². The van der Waals surface area contributed by atoms with Gasteiger partial charge in [-0.15, -0.1) is 11.3 Å². The summed E-state index contributed by atoms with van der Waals surface area (Å²) in [6.07, 6.45) is -0.487. The summed E-state index contributed by atoms with van der Waals surface area (Å²) in [6, 6.07) is 13.5. The Bertz CT molecular complexity index is 895. The quantitative estimate of drug-likeness (QED) is 0.710. The maximum atomic E-state index is 11.6. The van der Waals surface area contributed by atoms with Crippen LogP contribution in [0.3, 0.4) is 0 Å². The highest BCUT2D eigenvalue weighted by Crippen LogP contribution is 2.35. The average Bonchev–Trinajstić information content (AvgIpc) is 3.02. The van der Waals surface area contributed by atoms with Crippen LogP contribution in [0.4, 0.5) is 4.79 Å². The number of carbonyl (C=O) groups excluding carboxylic acids is 1. The molecule has 0 aliphatic heterocycles. The van der Waals surface area contributed by atoms with Crippen molar-refractivity contribution in [3.05, 3.63) is 53.0 Å². The van der Waals surface area contributed by atoms with E-state index >= 15 is 0 Å². The van der Waals surface area contributed by atoms with Crippen LogP contribution < -0.4 is 14.8 Å². The molecule has 0 aliphatic carbocycles. The number of thiazole rings is 1. The van der Waals surface area contributed by atoms with Gasteiger partial charge in [-0.3, -0.25) is 0 Å². The highest BCUT2D eigenvalue weighted by atomic mass is 32.1. The molecule has 136 valence electrons. The maximum absolute atomic E-state index is 11.6. The van der Waals surface area contributed by atoms with Crippen molar-refractivity contribution in [1.82, 2.24) is 10.3 Å². The topological polar surface area (TPSA) is 60.5 Å². The summed E-state index contributed by atoms with van der Waals surface area (Å²) in [5, 5.41) is 3.39. The van der Waals surface area contributed by atoms with Crippen molar-refractivity contribution < 1.29 is 14.3 Å². The van der Waals surface area contributed by atoms with E-state index in [0.29, 0.717) is 12.4 Å². The van der Waals surface area contributed by atoms with Crippen LogP contribution in [0.1, 0.15) is 31.3 Å². The second kappa shape index (κ2) is 7.33. The predicted molar refractivity (Wildman–Crippen MR) is 104 cm³/mol. The van der Waals surface area contributed by atoms with Gasteiger partial charge < -0.3 is 14.8 Å². The van der Waals surface area contributed by atoms with E-state index in [9.17, 15) is 4.79 Å². The molecule has 3 rings (SSSR count). The molecule has 0 saturated carbocycles. The molecule has 0 aliphatic rings. The van der Waals surface area contributed by atoms with Gasteiger partial charge in [-0.25, -0.2) is 9.78 Å². The molecule has 1 amide bonds. The summed E-state index contributed by atoms with van der Waals surface area (Å²) in [7, 11) is 1.54. The molecule has 2 aromatic carbocycles. The molecule has 0 spiro atoms. The fourth-order valence-electron chi connectivity index (χ4n) is 2.55. The zero-order valence-corrected chi connectivity index (χ0v) is 16.1. The summed E-state index contributed by atoms with van der Waals surface area (Å²) >= 11 is 1.63. The first-order valence-corrected chi connectivity index (χ1v) is 9.20. The number of para-hydroxylation sites is 1. The summed E-state index contributed by atoms with van der Waals surface area (Å²) in [5.41, 5.74) is 1.70. The standard InChI is InChI=1S/C20H22N2O3S/c1-20(2,3)14-11-13(9-10-16(14)25-19(23)21-4)24-12-18-22-15-7-5-6-8-17(15)26-18/h5-11H,12H2,1-4H3,(H,21,23). The van der Waals surface area contributed by atoms with Gasteiger partial charge in [0.15, 0.2) is 0 Å². The number of ether oxygens (including phenoxy) is 2. The molecule has 3 aromatic rings. The Morgan fingerprint density at radius 1 is 1.19 bits per heavy atom. The van der Waals surface area contributed by atoms with Crippen molar-refractivity contribution in [2.24, 2.45) is 0 Å². The van der Waals surface area contributed by atoms with Crippen molar-refractivity contribution in [2.45, 2.75) is 32.8 Å². The van der Waals surface area contributed by atoms with Crippen LogP contribution in [0.15, 0.2) is 42.5 Å². The van der Waals surface area contributed by atoms with Crippen LogP contribution in [0.25, 0.3) is 10.2 Å². The molecule has 0 fully saturated rings. The first kappa shape index (κ1) is 18.2. The van der Waals surface area contributed by atoms with Crippen LogP contribution in [0.5, 0.6) is 11.5 Å². The Morgan fingerprint density at radius 3 is 2.65 bits per heavy atom. The fourth-order valence-corrected chi connectivity index (χ4v) is 3.43. The van der Waals surface area contributed by atoms with Crippen molar-refractivity contribution in [2.75, 3.05) is 7.05 Å². The van der Waals surface area contributed by atoms with Gasteiger partial charge in [-0.05, 0) is 35.7 Å². The molecule has 5 nitrogen and oxygen atoms in total. The molecule has 1 N–H and O–H groups in total. The molecular weight excluding hydrogens is 348 g/mol. The maximum Gasteiger partial charge on any atom is 0.412 e. The van der Waals surface area contributed by atoms with E-state index in [-0.39, 0.29) is 5.41 Å². The minimum atomic E-state index is -0.487. The number of nitrogens with zero attached hydrogens (tertiary/aromatic N) is 1. The molecule has 0 unspecified atom stereocenters. The third-order valence-electron chi connectivity index (χ3n) is 3.87. The van der Waals surface area contributed by atoms with Gasteiger partial charge in [0.1, 0.15) is 23.1 Å². The highest BCUT2D eigenvalue weighted by Gasteiger charge is 2.21. The minimum Gasteiger partial charge on any atom is -0.486 e. The van der Waals surface area contributed by atoms with Crippen LogP contribution in [-0.2, 0) is 12.0 Å². The SMILES string of the molecule is CNC(=O)Oc1ccc(OCc2nc3ccccc3s2)cc1C(C)(C)C. The van der Waals surface area contributed by atoms with Crippen molar-refractivity contribution >= 4 is 27.6 Å². The second-order valence-corrected chi connectivity index (χ2v) is 8.03. The lowest BCUT2D eigenvalue weighted by atomic mass is 9.86. The summed E-state index contributed by atoms with van der Waals surface area (Å²) in [4.78, 5) is 16.2. The molecule has 0 atom stereocenters. The fraction of sp³-hybridized carbons (Fsp3) is 0.300. The lowest BCUT2D eigenvalue weighted by Crippen LogP contribution is -2.24. The Morgan fingerprint density at radius 2 is 1.96 bits per heavy atom. The first-order chi connectivity index (χ1) is 12.4. The number of hydrogen-bond donors (Lipinski definition) is 1. The zero-order chi connectivity index (χ0) is 18.7. The van der Waals surface area contributed by atoms with E-state index in [2.05, 4.69) is 37.1 Å². The third-order valence-corrected chi connectivity index (χ3v) is 4.88. The summed E-state index contributed by atoms with van der Waals surface area (Å²) < 4.78 is 12.4. The van der Waals surface area contributed by atoms with Gasteiger partial charge in [0.2, 0.25) is 0 Å². The molecule has 1 heterocycles. The molecule has 0 radical (unpaired) electrons. The van der Waals surface area contributed by atoms with E-state index in [0.717, 1.165) is 26.5 Å². The lowest BCUT2D eigenvalue weighted by Gasteiger charge is -2.23. The van der Waals surface area contributed by atoms with E-state index in [1.54, 1.807) is 23.5 Å². The van der Waals surface area contributed by atoms with Gasteiger partial charge >= 0.3 is 6.09 Å². The van der Waals surface area contributed by atoms with Crippen LogP contribution in [0, 0.1) is 0 Å². The number of carbonyl (C=O) groups is 1. The van der Waals surface area contributed by atoms with Crippen LogP contribution in [0.2, 0.25) is 0 Å². The summed E-state index contributed by atoms with van der Waals surface area (Å²) in [6.45, 7) is 6.60. The third kappa shape index (κ3) is 4.14. The van der Waals surface area contributed by atoms with Crippen LogP contribution in [-0.4, -0.2) is 18.1 Å². The number of nitrogens with one attached hydrogen (secondary N) is 1. The Balaban J connectivity index is 1.80.